The highest BCUT2D eigenvalue weighted by Gasteiger charge is 2.38. The lowest BCUT2D eigenvalue weighted by molar-refractivity contribution is 0.0883. The molecule has 0 aliphatic carbocycles. The Balaban J connectivity index is 4.98. The highest BCUT2D eigenvalue weighted by Crippen LogP contribution is 2.43. The zero-order valence-electron chi connectivity index (χ0n) is 17.0. The molecule has 0 aromatic heterocycles. The third-order valence-electron chi connectivity index (χ3n) is 4.71. The van der Waals surface area contributed by atoms with E-state index in [-0.39, 0.29) is 21.9 Å². The zero-order valence-corrected chi connectivity index (χ0v) is 17.0. The van der Waals surface area contributed by atoms with Crippen molar-refractivity contribution >= 4 is 5.96 Å². The van der Waals surface area contributed by atoms with Crippen LogP contribution in [-0.2, 0) is 0 Å². The van der Waals surface area contributed by atoms with Crippen LogP contribution in [0.1, 0.15) is 89.0 Å². The van der Waals surface area contributed by atoms with Crippen LogP contribution in [0.2, 0.25) is 0 Å². The lowest BCUT2D eigenvalue weighted by atomic mass is 9.64. The Bertz CT molecular complexity index is 382. The van der Waals surface area contributed by atoms with Crippen molar-refractivity contribution in [2.75, 3.05) is 0 Å². The van der Waals surface area contributed by atoms with Crippen molar-refractivity contribution in [2.24, 2.45) is 27.5 Å². The normalized spacial score (nSPS) is 15.4. The molecule has 0 spiro atoms. The standard InChI is InChI=1S/C19H41N3/c1-14(2)12-18(8,9)21-15(20)22-19(10,11)13-17(6,7)16(3,4)5/h14H,12-13H2,1-11H3,(H3,20,21,22). The van der Waals surface area contributed by atoms with Gasteiger partial charge in [0.15, 0.2) is 5.96 Å². The minimum Gasteiger partial charge on any atom is -0.370 e. The second-order valence-electron chi connectivity index (χ2n) is 10.2. The van der Waals surface area contributed by atoms with Gasteiger partial charge in [0.2, 0.25) is 0 Å². The van der Waals surface area contributed by atoms with Gasteiger partial charge in [-0.05, 0) is 57.3 Å². The van der Waals surface area contributed by atoms with Crippen molar-refractivity contribution in [3.8, 4) is 0 Å². The number of rotatable bonds is 6. The smallest absolute Gasteiger partial charge is 0.189 e. The number of nitrogens with zero attached hydrogens (tertiary/aromatic N) is 1. The number of guanidine groups is 1. The van der Waals surface area contributed by atoms with E-state index in [1.807, 2.05) is 0 Å². The number of hydrogen-bond donors (Lipinski definition) is 2. The number of hydrogen-bond acceptors (Lipinski definition) is 1. The van der Waals surface area contributed by atoms with Crippen molar-refractivity contribution < 1.29 is 0 Å². The molecule has 0 amide bonds. The van der Waals surface area contributed by atoms with Crippen LogP contribution in [0.15, 0.2) is 4.99 Å². The van der Waals surface area contributed by atoms with Gasteiger partial charge in [0, 0.05) is 5.54 Å². The third kappa shape index (κ3) is 7.51. The second-order valence-corrected chi connectivity index (χ2v) is 10.2. The molecule has 0 saturated carbocycles. The first-order valence-electron chi connectivity index (χ1n) is 8.61. The molecular weight excluding hydrogens is 270 g/mol. The predicted molar refractivity (Wildman–Crippen MR) is 100 cm³/mol. The average Bonchev–Trinajstić information content (AvgIpc) is 2.06. The lowest BCUT2D eigenvalue weighted by Gasteiger charge is -2.44. The molecule has 3 N–H and O–H groups in total. The van der Waals surface area contributed by atoms with Crippen LogP contribution in [0, 0.1) is 16.7 Å². The van der Waals surface area contributed by atoms with Gasteiger partial charge in [-0.15, -0.1) is 0 Å². The fourth-order valence-corrected chi connectivity index (χ4v) is 3.16. The summed E-state index contributed by atoms with van der Waals surface area (Å²) in [5.41, 5.74) is 6.43. The first-order valence-corrected chi connectivity index (χ1v) is 8.61. The van der Waals surface area contributed by atoms with Gasteiger partial charge in [-0.2, -0.15) is 0 Å². The number of nitrogens with one attached hydrogen (secondary N) is 1. The summed E-state index contributed by atoms with van der Waals surface area (Å²) < 4.78 is 0. The van der Waals surface area contributed by atoms with Crippen LogP contribution in [0.5, 0.6) is 0 Å². The van der Waals surface area contributed by atoms with E-state index in [1.54, 1.807) is 0 Å². The molecule has 0 aromatic rings. The average molecular weight is 312 g/mol. The molecule has 0 rings (SSSR count). The fourth-order valence-electron chi connectivity index (χ4n) is 3.16. The maximum atomic E-state index is 6.19. The van der Waals surface area contributed by atoms with Gasteiger partial charge in [0.25, 0.3) is 0 Å². The monoisotopic (exact) mass is 311 g/mol. The van der Waals surface area contributed by atoms with Crippen LogP contribution in [0.3, 0.4) is 0 Å². The van der Waals surface area contributed by atoms with Gasteiger partial charge in [-0.1, -0.05) is 48.5 Å². The third-order valence-corrected chi connectivity index (χ3v) is 4.71. The molecule has 3 heteroatoms. The second kappa shape index (κ2) is 6.80. The molecule has 22 heavy (non-hydrogen) atoms. The van der Waals surface area contributed by atoms with E-state index < -0.39 is 0 Å². The van der Waals surface area contributed by atoms with Gasteiger partial charge in [0.05, 0.1) is 5.54 Å². The largest absolute Gasteiger partial charge is 0.370 e. The minimum atomic E-state index is -0.124. The Kier molecular flexibility index (Phi) is 6.57. The zero-order chi connectivity index (χ0) is 18.0. The molecule has 0 saturated heterocycles. The lowest BCUT2D eigenvalue weighted by Crippen LogP contribution is -2.51. The van der Waals surface area contributed by atoms with E-state index in [9.17, 15) is 0 Å². The summed E-state index contributed by atoms with van der Waals surface area (Å²) >= 11 is 0. The summed E-state index contributed by atoms with van der Waals surface area (Å²) in [5.74, 6) is 1.17. The summed E-state index contributed by atoms with van der Waals surface area (Å²) in [6.45, 7) is 24.7. The quantitative estimate of drug-likeness (QED) is 0.538. The van der Waals surface area contributed by atoms with Crippen LogP contribution >= 0.6 is 0 Å². The van der Waals surface area contributed by atoms with Gasteiger partial charge in [0.1, 0.15) is 0 Å². The summed E-state index contributed by atoms with van der Waals surface area (Å²) in [6.07, 6.45) is 2.06. The molecule has 0 unspecified atom stereocenters. The van der Waals surface area contributed by atoms with E-state index in [0.717, 1.165) is 12.8 Å². The van der Waals surface area contributed by atoms with Crippen LogP contribution in [0.4, 0.5) is 0 Å². The van der Waals surface area contributed by atoms with Crippen molar-refractivity contribution in [2.45, 2.75) is 100 Å². The van der Waals surface area contributed by atoms with Crippen molar-refractivity contribution in [1.29, 1.82) is 0 Å². The van der Waals surface area contributed by atoms with Gasteiger partial charge in [-0.25, -0.2) is 4.99 Å². The minimum absolute atomic E-state index is 0.0850. The molecule has 0 heterocycles. The molecule has 0 aliphatic heterocycles. The summed E-state index contributed by atoms with van der Waals surface area (Å²) in [5, 5.41) is 3.44. The molecule has 0 aromatic carbocycles. The van der Waals surface area contributed by atoms with Crippen molar-refractivity contribution in [1.82, 2.24) is 5.32 Å². The Labute approximate surface area is 139 Å². The Morgan fingerprint density at radius 2 is 1.41 bits per heavy atom. The molecule has 0 radical (unpaired) electrons. The number of aliphatic imine (C=N–C) groups is 1. The van der Waals surface area contributed by atoms with Crippen molar-refractivity contribution in [3.05, 3.63) is 0 Å². The van der Waals surface area contributed by atoms with E-state index in [1.165, 1.54) is 0 Å². The Hall–Kier alpha value is -0.730. The van der Waals surface area contributed by atoms with E-state index >= 15 is 0 Å². The molecular formula is C19H41N3. The summed E-state index contributed by atoms with van der Waals surface area (Å²) in [6, 6.07) is 0. The first kappa shape index (κ1) is 21.3. The Morgan fingerprint density at radius 1 is 0.955 bits per heavy atom. The van der Waals surface area contributed by atoms with Crippen LogP contribution < -0.4 is 11.1 Å². The number of nitrogens with two attached hydrogens (primary N) is 1. The Morgan fingerprint density at radius 3 is 1.77 bits per heavy atom. The molecule has 0 atom stereocenters. The van der Waals surface area contributed by atoms with Crippen LogP contribution in [0.25, 0.3) is 0 Å². The maximum Gasteiger partial charge on any atom is 0.189 e. The van der Waals surface area contributed by atoms with E-state index in [2.05, 4.69) is 81.5 Å². The predicted octanol–water partition coefficient (Wildman–Crippen LogP) is 4.96. The SMILES string of the molecule is CC(C)CC(C)(C)N=C(N)NC(C)(C)CC(C)(C)C(C)(C)C. The van der Waals surface area contributed by atoms with Gasteiger partial charge < -0.3 is 11.1 Å². The van der Waals surface area contributed by atoms with E-state index in [0.29, 0.717) is 11.9 Å². The highest BCUT2D eigenvalue weighted by molar-refractivity contribution is 5.79. The molecule has 0 aliphatic rings. The fraction of sp³-hybridized carbons (Fsp3) is 0.947. The summed E-state index contributed by atoms with van der Waals surface area (Å²) in [4.78, 5) is 4.71. The van der Waals surface area contributed by atoms with E-state index in [4.69, 9.17) is 10.7 Å². The first-order chi connectivity index (χ1) is 9.47. The topological polar surface area (TPSA) is 50.4 Å². The van der Waals surface area contributed by atoms with Gasteiger partial charge >= 0.3 is 0 Å². The molecule has 0 fully saturated rings. The molecule has 132 valence electrons. The van der Waals surface area contributed by atoms with Gasteiger partial charge in [-0.3, -0.25) is 0 Å². The molecule has 3 nitrogen and oxygen atoms in total. The molecule has 0 bridgehead atoms. The maximum absolute atomic E-state index is 6.19. The van der Waals surface area contributed by atoms with Crippen molar-refractivity contribution in [3.63, 3.8) is 0 Å². The summed E-state index contributed by atoms with van der Waals surface area (Å²) in [7, 11) is 0. The highest BCUT2D eigenvalue weighted by atomic mass is 15.2. The van der Waals surface area contributed by atoms with Crippen LogP contribution in [-0.4, -0.2) is 17.0 Å².